The number of β-lactam (4-membered cyclic amide) rings is 1. The standard InChI is InChI=1S/C27H40N4O4/c1-24(2,3)18-12-10-17(11-13-18)21(33)29-26(6,7)19(16-28)22(34)30-27(8,9)25(4,5)23(35)31-15-14-20(31)32/h10-13,19H,6,14-16,28H2,1-5,7-9H3,(H-,29,30,33,34)/p+1. The lowest BCUT2D eigenvalue weighted by atomic mass is 9.72. The monoisotopic (exact) mass is 485 g/mol. The Bertz CT molecular complexity index is 987. The minimum atomic E-state index is -1.21. The third-order valence-electron chi connectivity index (χ3n) is 7.36. The lowest BCUT2D eigenvalue weighted by Gasteiger charge is -2.45. The van der Waals surface area contributed by atoms with Crippen LogP contribution in [0.25, 0.3) is 0 Å². The fourth-order valence-electron chi connectivity index (χ4n) is 3.88. The van der Waals surface area contributed by atoms with Crippen LogP contribution in [0.15, 0.2) is 24.3 Å². The molecule has 8 nitrogen and oxygen atoms in total. The molecule has 1 aliphatic heterocycles. The number of nitrogens with one attached hydrogen (secondary N) is 2. The molecule has 35 heavy (non-hydrogen) atoms. The van der Waals surface area contributed by atoms with Crippen molar-refractivity contribution in [3.8, 4) is 0 Å². The summed E-state index contributed by atoms with van der Waals surface area (Å²) in [6.45, 7) is 19.2. The Morgan fingerprint density at radius 3 is 1.94 bits per heavy atom. The van der Waals surface area contributed by atoms with Gasteiger partial charge in [0.15, 0.2) is 5.54 Å². The SMILES string of the molecule is [CH2+]C(C)(NC(=O)c1ccc(C(C)(C)C)cc1)C(CN)C(=O)NC(C)(C)C(C)(C)C(=O)N1CCC1=O. The molecule has 0 spiro atoms. The molecule has 2 rings (SSSR count). The van der Waals surface area contributed by atoms with Crippen molar-refractivity contribution in [1.29, 1.82) is 0 Å². The molecule has 1 aliphatic rings. The zero-order valence-corrected chi connectivity index (χ0v) is 22.4. The highest BCUT2D eigenvalue weighted by Gasteiger charge is 2.51. The average Bonchev–Trinajstić information content (AvgIpc) is 2.71. The Labute approximate surface area is 209 Å². The Morgan fingerprint density at radius 2 is 1.54 bits per heavy atom. The first-order valence-corrected chi connectivity index (χ1v) is 12.0. The van der Waals surface area contributed by atoms with Gasteiger partial charge in [-0.2, -0.15) is 0 Å². The van der Waals surface area contributed by atoms with Crippen molar-refractivity contribution in [3.05, 3.63) is 42.3 Å². The van der Waals surface area contributed by atoms with Gasteiger partial charge in [0.25, 0.3) is 5.91 Å². The van der Waals surface area contributed by atoms with Gasteiger partial charge in [0.05, 0.1) is 12.3 Å². The lowest BCUT2D eigenvalue weighted by molar-refractivity contribution is -0.160. The van der Waals surface area contributed by atoms with E-state index in [1.165, 1.54) is 4.90 Å². The third-order valence-corrected chi connectivity index (χ3v) is 7.36. The van der Waals surface area contributed by atoms with E-state index in [0.29, 0.717) is 18.5 Å². The molecule has 4 N–H and O–H groups in total. The quantitative estimate of drug-likeness (QED) is 0.386. The second kappa shape index (κ2) is 9.64. The van der Waals surface area contributed by atoms with E-state index in [9.17, 15) is 19.2 Å². The summed E-state index contributed by atoms with van der Waals surface area (Å²) < 4.78 is 0. The lowest BCUT2D eigenvalue weighted by Crippen LogP contribution is -2.65. The molecular weight excluding hydrogens is 444 g/mol. The van der Waals surface area contributed by atoms with Gasteiger partial charge in [-0.15, -0.1) is 0 Å². The molecule has 1 fully saturated rings. The van der Waals surface area contributed by atoms with Crippen molar-refractivity contribution in [2.24, 2.45) is 17.1 Å². The Kier molecular flexibility index (Phi) is 7.82. The molecule has 0 saturated carbocycles. The molecule has 8 heteroatoms. The van der Waals surface area contributed by atoms with E-state index in [1.54, 1.807) is 46.8 Å². The number of carbonyl (C=O) groups is 4. The maximum atomic E-state index is 13.3. The zero-order chi connectivity index (χ0) is 27.0. The van der Waals surface area contributed by atoms with E-state index < -0.39 is 28.3 Å². The molecule has 192 valence electrons. The van der Waals surface area contributed by atoms with E-state index in [-0.39, 0.29) is 29.7 Å². The van der Waals surface area contributed by atoms with Gasteiger partial charge in [-0.1, -0.05) is 32.9 Å². The zero-order valence-electron chi connectivity index (χ0n) is 22.4. The number of carbonyl (C=O) groups excluding carboxylic acids is 4. The van der Waals surface area contributed by atoms with Crippen LogP contribution < -0.4 is 16.4 Å². The molecule has 0 aliphatic carbocycles. The molecule has 2 unspecified atom stereocenters. The molecule has 1 aromatic rings. The van der Waals surface area contributed by atoms with Gasteiger partial charge < -0.3 is 16.4 Å². The fourth-order valence-corrected chi connectivity index (χ4v) is 3.88. The van der Waals surface area contributed by atoms with E-state index in [1.807, 2.05) is 12.1 Å². The number of amides is 4. The van der Waals surface area contributed by atoms with Crippen LogP contribution in [0.2, 0.25) is 0 Å². The van der Waals surface area contributed by atoms with Crippen molar-refractivity contribution < 1.29 is 19.2 Å². The Morgan fingerprint density at radius 1 is 1.00 bits per heavy atom. The summed E-state index contributed by atoms with van der Waals surface area (Å²) in [7, 11) is 0. The number of imide groups is 1. The van der Waals surface area contributed by atoms with Gasteiger partial charge >= 0.3 is 0 Å². The highest BCUT2D eigenvalue weighted by Crippen LogP contribution is 2.35. The second-order valence-electron chi connectivity index (χ2n) is 11.8. The largest absolute Gasteiger partial charge is 0.350 e. The predicted molar refractivity (Wildman–Crippen MR) is 136 cm³/mol. The van der Waals surface area contributed by atoms with Crippen LogP contribution in [0.4, 0.5) is 0 Å². The summed E-state index contributed by atoms with van der Waals surface area (Å²) in [4.78, 5) is 52.2. The van der Waals surface area contributed by atoms with Crippen LogP contribution in [0.5, 0.6) is 0 Å². The first-order valence-electron chi connectivity index (χ1n) is 12.0. The first kappa shape index (κ1) is 28.4. The highest BCUT2D eigenvalue weighted by atomic mass is 16.2. The van der Waals surface area contributed by atoms with Crippen molar-refractivity contribution in [2.75, 3.05) is 13.1 Å². The van der Waals surface area contributed by atoms with Gasteiger partial charge in [0.1, 0.15) is 5.92 Å². The third kappa shape index (κ3) is 5.86. The minimum absolute atomic E-state index is 0.0382. The molecule has 4 amide bonds. The maximum absolute atomic E-state index is 13.3. The van der Waals surface area contributed by atoms with Gasteiger partial charge in [0, 0.05) is 37.5 Å². The first-order chi connectivity index (χ1) is 15.8. The molecule has 2 atom stereocenters. The number of benzene rings is 1. The van der Waals surface area contributed by atoms with Crippen LogP contribution in [-0.2, 0) is 19.8 Å². The van der Waals surface area contributed by atoms with E-state index in [2.05, 4.69) is 38.3 Å². The summed E-state index contributed by atoms with van der Waals surface area (Å²) in [6, 6.07) is 7.32. The minimum Gasteiger partial charge on any atom is -0.350 e. The van der Waals surface area contributed by atoms with E-state index in [4.69, 9.17) is 5.73 Å². The van der Waals surface area contributed by atoms with Crippen LogP contribution in [0.1, 0.15) is 77.7 Å². The predicted octanol–water partition coefficient (Wildman–Crippen LogP) is 2.56. The number of hydrogen-bond donors (Lipinski definition) is 3. The molecule has 0 bridgehead atoms. The molecule has 1 heterocycles. The fraction of sp³-hybridized carbons (Fsp3) is 0.593. The van der Waals surface area contributed by atoms with Gasteiger partial charge in [-0.25, -0.2) is 0 Å². The highest BCUT2D eigenvalue weighted by molar-refractivity contribution is 6.02. The number of nitrogens with zero attached hydrogens (tertiary/aromatic N) is 1. The number of hydrogen-bond acceptors (Lipinski definition) is 5. The summed E-state index contributed by atoms with van der Waals surface area (Å²) >= 11 is 0. The smallest absolute Gasteiger partial charge is 0.254 e. The van der Waals surface area contributed by atoms with Gasteiger partial charge in [-0.3, -0.25) is 24.1 Å². The van der Waals surface area contributed by atoms with Gasteiger partial charge in [0.2, 0.25) is 17.7 Å². The van der Waals surface area contributed by atoms with Crippen molar-refractivity contribution >= 4 is 23.6 Å². The Hall–Kier alpha value is -2.87. The van der Waals surface area contributed by atoms with Crippen molar-refractivity contribution in [2.45, 2.75) is 78.3 Å². The second-order valence-corrected chi connectivity index (χ2v) is 11.8. The Balaban J connectivity index is 2.15. The molecule has 0 aromatic heterocycles. The maximum Gasteiger partial charge on any atom is 0.254 e. The molecule has 1 saturated heterocycles. The van der Waals surface area contributed by atoms with Crippen LogP contribution in [0.3, 0.4) is 0 Å². The topological polar surface area (TPSA) is 122 Å². The van der Waals surface area contributed by atoms with Gasteiger partial charge in [-0.05, 0) is 50.8 Å². The van der Waals surface area contributed by atoms with E-state index in [0.717, 1.165) is 5.56 Å². The number of nitrogens with two attached hydrogens (primary N) is 1. The van der Waals surface area contributed by atoms with Crippen LogP contribution in [0, 0.1) is 18.3 Å². The van der Waals surface area contributed by atoms with Crippen LogP contribution >= 0.6 is 0 Å². The van der Waals surface area contributed by atoms with Crippen LogP contribution in [-0.4, -0.2) is 52.7 Å². The summed E-state index contributed by atoms with van der Waals surface area (Å²) in [5.74, 6) is -2.22. The number of likely N-dealkylation sites (tertiary alicyclic amines) is 1. The summed E-state index contributed by atoms with van der Waals surface area (Å²) in [5.41, 5.74) is 4.19. The molecule has 1 aromatic carbocycles. The molecular formula is C27H41N4O4+. The summed E-state index contributed by atoms with van der Waals surface area (Å²) in [6.07, 6.45) is 0.350. The molecule has 0 radical (unpaired) electrons. The average molecular weight is 486 g/mol. The number of rotatable bonds is 8. The van der Waals surface area contributed by atoms with Crippen molar-refractivity contribution in [1.82, 2.24) is 15.5 Å². The van der Waals surface area contributed by atoms with E-state index >= 15 is 0 Å². The normalized spacial score (nSPS) is 17.2. The van der Waals surface area contributed by atoms with Crippen molar-refractivity contribution in [3.63, 3.8) is 0 Å². The summed E-state index contributed by atoms with van der Waals surface area (Å²) in [5, 5.41) is 5.76.